The fraction of sp³-hybridized carbons (Fsp3) is 0. The van der Waals surface area contributed by atoms with Crippen molar-refractivity contribution in [3.05, 3.63) is 497 Å². The van der Waals surface area contributed by atoms with E-state index in [4.69, 9.17) is 8.83 Å². The fourth-order valence-corrected chi connectivity index (χ4v) is 20.2. The van der Waals surface area contributed by atoms with Gasteiger partial charge in [-0.25, -0.2) is 0 Å². The van der Waals surface area contributed by atoms with Gasteiger partial charge in [0.25, 0.3) is 0 Å². The molecule has 132 heavy (non-hydrogen) atoms. The standard InChI is InChI=1S/C64H42N2O.C62H40N2O/c1-2-11-43(12-3-1)44-21-23-45(24-22-44)48-29-36-52(37-30-48)65(61-20-10-17-58-63-55-14-5-4-13-51(55)35-42-62(63)67-64(58)61)53-38-31-49(32-39-53)46-25-27-47(28-26-46)50-33-40-54(41-34-50)66-59-18-8-6-15-56(59)57-16-7-9-19-60(57)66;1-3-14-51-45(11-1)13-9-18-52(51)47-31-38-49(39-32-47)63(59-22-10-19-56-61-53-15-4-2-12-46(53)33-40-60(61)65-62(56)59)48-34-27-43(28-35-48)41-23-25-42(26-24-41)44-29-36-50(37-30-44)64-57-20-7-5-16-54(57)55-17-6-8-21-58(55)64/h1-42H;1-40H. The molecule has 22 aromatic carbocycles. The van der Waals surface area contributed by atoms with Gasteiger partial charge in [0.05, 0.1) is 33.4 Å². The van der Waals surface area contributed by atoms with Gasteiger partial charge in [-0.05, 0) is 232 Å². The van der Waals surface area contributed by atoms with Crippen LogP contribution in [0, 0.1) is 0 Å². The number of aromatic nitrogens is 2. The van der Waals surface area contributed by atoms with Crippen LogP contribution in [-0.4, -0.2) is 9.13 Å². The number of para-hydroxylation sites is 6. The number of nitrogens with zero attached hydrogens (tertiary/aromatic N) is 4. The highest BCUT2D eigenvalue weighted by Gasteiger charge is 2.25. The molecule has 6 nitrogen and oxygen atoms in total. The Balaban J connectivity index is 0.000000142. The van der Waals surface area contributed by atoms with Crippen LogP contribution in [-0.2, 0) is 0 Å². The molecule has 0 radical (unpaired) electrons. The van der Waals surface area contributed by atoms with Crippen molar-refractivity contribution in [2.24, 2.45) is 0 Å². The summed E-state index contributed by atoms with van der Waals surface area (Å²) in [7, 11) is 0. The van der Waals surface area contributed by atoms with E-state index in [1.807, 2.05) is 0 Å². The van der Waals surface area contributed by atoms with E-state index in [-0.39, 0.29) is 0 Å². The van der Waals surface area contributed by atoms with Gasteiger partial charge in [0, 0.05) is 77.2 Å². The van der Waals surface area contributed by atoms with Crippen molar-refractivity contribution in [1.29, 1.82) is 0 Å². The van der Waals surface area contributed by atoms with Crippen molar-refractivity contribution >= 4 is 154 Å². The normalized spacial score (nSPS) is 11.6. The molecule has 4 heterocycles. The average molecular weight is 1680 g/mol. The molecule has 26 rings (SSSR count). The van der Waals surface area contributed by atoms with Crippen molar-refractivity contribution in [3.63, 3.8) is 0 Å². The van der Waals surface area contributed by atoms with E-state index >= 15 is 0 Å². The highest BCUT2D eigenvalue weighted by Crippen LogP contribution is 2.49. The third kappa shape index (κ3) is 13.5. The smallest absolute Gasteiger partial charge is 0.159 e. The van der Waals surface area contributed by atoms with Gasteiger partial charge in [0.1, 0.15) is 11.2 Å². The largest absolute Gasteiger partial charge is 0.454 e. The van der Waals surface area contributed by atoms with Crippen LogP contribution in [0.4, 0.5) is 34.1 Å². The lowest BCUT2D eigenvalue weighted by Crippen LogP contribution is -2.10. The lowest BCUT2D eigenvalue weighted by atomic mass is 9.98. The first kappa shape index (κ1) is 76.8. The molecular weight excluding hydrogens is 1600 g/mol. The first-order valence-electron chi connectivity index (χ1n) is 45.1. The zero-order chi connectivity index (χ0) is 87.1. The lowest BCUT2D eigenvalue weighted by molar-refractivity contribution is 0.669. The van der Waals surface area contributed by atoms with Crippen LogP contribution in [0.1, 0.15) is 0 Å². The first-order chi connectivity index (χ1) is 65.4. The maximum atomic E-state index is 6.81. The van der Waals surface area contributed by atoms with Crippen LogP contribution in [0.15, 0.2) is 506 Å². The zero-order valence-electron chi connectivity index (χ0n) is 71.9. The molecule has 0 fully saturated rings. The molecule has 0 atom stereocenters. The predicted molar refractivity (Wildman–Crippen MR) is 556 cm³/mol. The molecule has 0 N–H and O–H groups in total. The van der Waals surface area contributed by atoms with Crippen LogP contribution < -0.4 is 9.80 Å². The Morgan fingerprint density at radius 2 is 0.402 bits per heavy atom. The van der Waals surface area contributed by atoms with E-state index in [2.05, 4.69) is 516 Å². The zero-order valence-corrected chi connectivity index (χ0v) is 71.9. The molecular formula is C126H82N4O2. The minimum Gasteiger partial charge on any atom is -0.454 e. The molecule has 0 saturated carbocycles. The quantitative estimate of drug-likeness (QED) is 0.103. The van der Waals surface area contributed by atoms with Gasteiger partial charge in [-0.1, -0.05) is 376 Å². The Hall–Kier alpha value is -17.6. The third-order valence-electron chi connectivity index (χ3n) is 26.7. The van der Waals surface area contributed by atoms with E-state index in [1.165, 1.54) is 132 Å². The molecule has 0 amide bonds. The third-order valence-corrected chi connectivity index (χ3v) is 26.7. The molecule has 618 valence electrons. The minimum atomic E-state index is 0.859. The topological polar surface area (TPSA) is 42.6 Å². The predicted octanol–water partition coefficient (Wildman–Crippen LogP) is 35.4. The van der Waals surface area contributed by atoms with E-state index in [9.17, 15) is 0 Å². The molecule has 0 aliphatic rings. The Kier molecular flexibility index (Phi) is 18.8. The SMILES string of the molecule is c1ccc(-c2ccc(-c3ccc(N(c4ccc(-c5ccc(-c6ccc(-n7c8ccccc8c8ccccc87)cc6)cc5)cc4)c4cccc5c4oc4ccc6ccccc6c45)cc3)cc2)cc1.c1ccc2c(-c3ccc(N(c4ccc(-c5ccc(-c6ccc(-n7c8ccccc8c8ccccc87)cc6)cc5)cc4)c4cccc5c4oc4ccc6ccccc6c45)cc3)cccc2c1. The van der Waals surface area contributed by atoms with Gasteiger partial charge in [0.2, 0.25) is 0 Å². The highest BCUT2D eigenvalue weighted by atomic mass is 16.3. The summed E-state index contributed by atoms with van der Waals surface area (Å²) in [6.45, 7) is 0. The molecule has 0 aliphatic carbocycles. The summed E-state index contributed by atoms with van der Waals surface area (Å²) < 4.78 is 18.4. The average Bonchev–Trinajstić information content (AvgIpc) is 1.58. The Morgan fingerprint density at radius 3 is 0.742 bits per heavy atom. The van der Waals surface area contributed by atoms with Crippen molar-refractivity contribution in [2.45, 2.75) is 0 Å². The van der Waals surface area contributed by atoms with E-state index < -0.39 is 0 Å². The van der Waals surface area contributed by atoms with Gasteiger partial charge in [-0.2, -0.15) is 0 Å². The van der Waals surface area contributed by atoms with Gasteiger partial charge >= 0.3 is 0 Å². The molecule has 6 heteroatoms. The van der Waals surface area contributed by atoms with Crippen LogP contribution in [0.2, 0.25) is 0 Å². The Labute approximate surface area is 763 Å². The fourth-order valence-electron chi connectivity index (χ4n) is 20.2. The van der Waals surface area contributed by atoms with Crippen LogP contribution in [0.3, 0.4) is 0 Å². The molecule has 0 bridgehead atoms. The Bertz CT molecular complexity index is 8770. The van der Waals surface area contributed by atoms with Crippen LogP contribution in [0.5, 0.6) is 0 Å². The van der Waals surface area contributed by atoms with Crippen LogP contribution in [0.25, 0.3) is 209 Å². The summed E-state index contributed by atoms with van der Waals surface area (Å²) in [6, 6.07) is 179. The minimum absolute atomic E-state index is 0.859. The number of rotatable bonds is 15. The molecule has 0 aliphatic heterocycles. The summed E-state index contributed by atoms with van der Waals surface area (Å²) in [5.74, 6) is 0. The van der Waals surface area contributed by atoms with E-state index in [1.54, 1.807) is 0 Å². The molecule has 4 aromatic heterocycles. The number of hydrogen-bond donors (Lipinski definition) is 0. The van der Waals surface area contributed by atoms with Crippen molar-refractivity contribution in [3.8, 4) is 89.3 Å². The number of furan rings is 2. The molecule has 0 saturated heterocycles. The van der Waals surface area contributed by atoms with Crippen molar-refractivity contribution < 1.29 is 8.83 Å². The Morgan fingerprint density at radius 1 is 0.159 bits per heavy atom. The summed E-state index contributed by atoms with van der Waals surface area (Å²) in [6.07, 6.45) is 0. The maximum Gasteiger partial charge on any atom is 0.159 e. The monoisotopic (exact) mass is 1680 g/mol. The maximum absolute atomic E-state index is 6.81. The van der Waals surface area contributed by atoms with Gasteiger partial charge < -0.3 is 27.8 Å². The van der Waals surface area contributed by atoms with E-state index in [0.29, 0.717) is 0 Å². The second-order valence-electron chi connectivity index (χ2n) is 34.1. The lowest BCUT2D eigenvalue weighted by Gasteiger charge is -2.26. The van der Waals surface area contributed by atoms with Gasteiger partial charge in [-0.15, -0.1) is 0 Å². The highest BCUT2D eigenvalue weighted by molar-refractivity contribution is 6.23. The van der Waals surface area contributed by atoms with Crippen LogP contribution >= 0.6 is 0 Å². The van der Waals surface area contributed by atoms with Gasteiger partial charge in [0.15, 0.2) is 11.2 Å². The number of anilines is 6. The number of hydrogen-bond acceptors (Lipinski definition) is 4. The van der Waals surface area contributed by atoms with E-state index in [0.717, 1.165) is 112 Å². The second-order valence-corrected chi connectivity index (χ2v) is 34.1. The number of benzene rings is 22. The van der Waals surface area contributed by atoms with Crippen molar-refractivity contribution in [1.82, 2.24) is 9.13 Å². The summed E-state index contributed by atoms with van der Waals surface area (Å²) in [5, 5.41) is 16.8. The summed E-state index contributed by atoms with van der Waals surface area (Å²) in [5.41, 5.74) is 33.4. The summed E-state index contributed by atoms with van der Waals surface area (Å²) in [4.78, 5) is 4.65. The van der Waals surface area contributed by atoms with Gasteiger partial charge in [-0.3, -0.25) is 0 Å². The number of fused-ring (bicyclic) bond motifs is 17. The summed E-state index contributed by atoms with van der Waals surface area (Å²) >= 11 is 0. The second kappa shape index (κ2) is 32.4. The molecule has 0 spiro atoms. The first-order valence-corrected chi connectivity index (χ1v) is 45.1. The van der Waals surface area contributed by atoms with Crippen molar-refractivity contribution in [2.75, 3.05) is 9.80 Å². The molecule has 26 aromatic rings. The molecule has 0 unspecified atom stereocenters.